The highest BCUT2D eigenvalue weighted by molar-refractivity contribution is 5.03. The second kappa shape index (κ2) is 7.33. The summed E-state index contributed by atoms with van der Waals surface area (Å²) in [6.45, 7) is 11.5. The summed E-state index contributed by atoms with van der Waals surface area (Å²) in [5.74, 6) is 0. The van der Waals surface area contributed by atoms with Gasteiger partial charge in [-0.2, -0.15) is 0 Å². The molecule has 1 aromatic heterocycles. The van der Waals surface area contributed by atoms with E-state index in [-0.39, 0.29) is 5.54 Å². The second-order valence-corrected chi connectivity index (χ2v) is 6.35. The van der Waals surface area contributed by atoms with Crippen molar-refractivity contribution in [3.63, 3.8) is 0 Å². The Labute approximate surface area is 127 Å². The highest BCUT2D eigenvalue weighted by atomic mass is 16.5. The fourth-order valence-corrected chi connectivity index (χ4v) is 2.95. The highest BCUT2D eigenvalue weighted by Gasteiger charge is 2.36. The number of morpholine rings is 1. The van der Waals surface area contributed by atoms with Gasteiger partial charge in [0, 0.05) is 44.3 Å². The molecule has 21 heavy (non-hydrogen) atoms. The van der Waals surface area contributed by atoms with Gasteiger partial charge in [-0.05, 0) is 26.8 Å². The van der Waals surface area contributed by atoms with Crippen LogP contribution in [-0.4, -0.2) is 64.3 Å². The lowest BCUT2D eigenvalue weighted by Crippen LogP contribution is -2.61. The molecule has 0 aromatic carbocycles. The Balaban J connectivity index is 2.08. The van der Waals surface area contributed by atoms with E-state index in [1.54, 1.807) is 4.68 Å². The van der Waals surface area contributed by atoms with Crippen molar-refractivity contribution < 1.29 is 4.74 Å². The standard InChI is InChI=1S/C15H29N5O/c1-5-6-16-14(11-13-12-19(4)18-17-13)15(2,3)20-7-9-21-10-8-20/h12,14,16H,5-11H2,1-4H3. The van der Waals surface area contributed by atoms with Crippen molar-refractivity contribution in [1.82, 2.24) is 25.2 Å². The predicted octanol–water partition coefficient (Wildman–Crippen LogP) is 0.837. The first kappa shape index (κ1) is 16.4. The number of ether oxygens (including phenoxy) is 1. The first-order valence-electron chi connectivity index (χ1n) is 7.95. The number of nitrogens with one attached hydrogen (secondary N) is 1. The third kappa shape index (κ3) is 4.25. The van der Waals surface area contributed by atoms with Gasteiger partial charge in [-0.25, -0.2) is 0 Å². The average molecular weight is 295 g/mol. The third-order valence-electron chi connectivity index (χ3n) is 4.38. The van der Waals surface area contributed by atoms with Crippen molar-refractivity contribution in [3.05, 3.63) is 11.9 Å². The zero-order valence-electron chi connectivity index (χ0n) is 13.8. The molecule has 0 bridgehead atoms. The van der Waals surface area contributed by atoms with Gasteiger partial charge in [0.1, 0.15) is 0 Å². The van der Waals surface area contributed by atoms with Crippen LogP contribution in [0.15, 0.2) is 6.20 Å². The summed E-state index contributed by atoms with van der Waals surface area (Å²) < 4.78 is 7.26. The van der Waals surface area contributed by atoms with Crippen LogP contribution in [0, 0.1) is 0 Å². The Kier molecular flexibility index (Phi) is 5.72. The molecule has 1 saturated heterocycles. The summed E-state index contributed by atoms with van der Waals surface area (Å²) in [4.78, 5) is 2.53. The Morgan fingerprint density at radius 1 is 1.38 bits per heavy atom. The van der Waals surface area contributed by atoms with Crippen LogP contribution in [0.2, 0.25) is 0 Å². The molecule has 2 rings (SSSR count). The maximum atomic E-state index is 5.49. The fraction of sp³-hybridized carbons (Fsp3) is 0.867. The minimum Gasteiger partial charge on any atom is -0.379 e. The highest BCUT2D eigenvalue weighted by Crippen LogP contribution is 2.23. The Morgan fingerprint density at radius 3 is 2.67 bits per heavy atom. The van der Waals surface area contributed by atoms with Gasteiger partial charge in [0.15, 0.2) is 0 Å². The van der Waals surface area contributed by atoms with Gasteiger partial charge in [-0.1, -0.05) is 12.1 Å². The van der Waals surface area contributed by atoms with Crippen LogP contribution in [0.25, 0.3) is 0 Å². The molecule has 1 unspecified atom stereocenters. The zero-order valence-corrected chi connectivity index (χ0v) is 13.8. The van der Waals surface area contributed by atoms with Crippen LogP contribution < -0.4 is 5.32 Å². The minimum atomic E-state index is 0.0659. The molecule has 1 aromatic rings. The number of nitrogens with zero attached hydrogens (tertiary/aromatic N) is 4. The van der Waals surface area contributed by atoms with Crippen LogP contribution in [0.4, 0.5) is 0 Å². The number of hydrogen-bond donors (Lipinski definition) is 1. The first-order valence-corrected chi connectivity index (χ1v) is 7.95. The van der Waals surface area contributed by atoms with Crippen LogP contribution >= 0.6 is 0 Å². The summed E-state index contributed by atoms with van der Waals surface area (Å²) >= 11 is 0. The Morgan fingerprint density at radius 2 is 2.10 bits per heavy atom. The van der Waals surface area contributed by atoms with Gasteiger partial charge in [0.25, 0.3) is 0 Å². The molecular formula is C15H29N5O. The molecule has 0 radical (unpaired) electrons. The van der Waals surface area contributed by atoms with Crippen molar-refractivity contribution in [2.24, 2.45) is 7.05 Å². The smallest absolute Gasteiger partial charge is 0.0843 e. The van der Waals surface area contributed by atoms with Crippen molar-refractivity contribution in [2.75, 3.05) is 32.8 Å². The van der Waals surface area contributed by atoms with Crippen LogP contribution in [-0.2, 0) is 18.2 Å². The lowest BCUT2D eigenvalue weighted by molar-refractivity contribution is -0.0233. The summed E-state index contributed by atoms with van der Waals surface area (Å²) in [6.07, 6.45) is 4.05. The predicted molar refractivity (Wildman–Crippen MR) is 83.3 cm³/mol. The number of aryl methyl sites for hydroxylation is 1. The quantitative estimate of drug-likeness (QED) is 0.808. The molecule has 0 amide bonds. The SMILES string of the molecule is CCCNC(Cc1cn(C)nn1)C(C)(C)N1CCOCC1. The normalized spacial score (nSPS) is 18.9. The molecule has 0 spiro atoms. The fourth-order valence-electron chi connectivity index (χ4n) is 2.95. The lowest BCUT2D eigenvalue weighted by atomic mass is 9.88. The number of aromatic nitrogens is 3. The summed E-state index contributed by atoms with van der Waals surface area (Å²) in [7, 11) is 1.91. The summed E-state index contributed by atoms with van der Waals surface area (Å²) in [6, 6.07) is 0.354. The van der Waals surface area contributed by atoms with Gasteiger partial charge in [-0.15, -0.1) is 5.10 Å². The van der Waals surface area contributed by atoms with Gasteiger partial charge >= 0.3 is 0 Å². The van der Waals surface area contributed by atoms with Crippen LogP contribution in [0.3, 0.4) is 0 Å². The van der Waals surface area contributed by atoms with E-state index in [0.717, 1.165) is 51.4 Å². The second-order valence-electron chi connectivity index (χ2n) is 6.35. The van der Waals surface area contributed by atoms with Gasteiger partial charge < -0.3 is 10.1 Å². The van der Waals surface area contributed by atoms with Crippen molar-refractivity contribution >= 4 is 0 Å². The average Bonchev–Trinajstić information content (AvgIpc) is 2.89. The topological polar surface area (TPSA) is 55.2 Å². The first-order chi connectivity index (χ1) is 10.0. The molecule has 1 N–H and O–H groups in total. The molecule has 1 fully saturated rings. The maximum Gasteiger partial charge on any atom is 0.0843 e. The van der Waals surface area contributed by atoms with Gasteiger partial charge in [-0.3, -0.25) is 9.58 Å². The molecule has 0 saturated carbocycles. The van der Waals surface area contributed by atoms with Gasteiger partial charge in [0.2, 0.25) is 0 Å². The molecule has 1 aliphatic heterocycles. The van der Waals surface area contributed by atoms with E-state index >= 15 is 0 Å². The molecule has 120 valence electrons. The third-order valence-corrected chi connectivity index (χ3v) is 4.38. The van der Waals surface area contributed by atoms with E-state index in [2.05, 4.69) is 41.3 Å². The summed E-state index contributed by atoms with van der Waals surface area (Å²) in [5, 5.41) is 12.0. The van der Waals surface area contributed by atoms with Crippen LogP contribution in [0.1, 0.15) is 32.9 Å². The molecule has 1 aliphatic rings. The Bertz CT molecular complexity index is 425. The lowest BCUT2D eigenvalue weighted by Gasteiger charge is -2.46. The zero-order chi connectivity index (χ0) is 15.3. The number of rotatable bonds is 7. The van der Waals surface area contributed by atoms with Crippen molar-refractivity contribution in [2.45, 2.75) is 45.2 Å². The van der Waals surface area contributed by atoms with Crippen molar-refractivity contribution in [1.29, 1.82) is 0 Å². The largest absolute Gasteiger partial charge is 0.379 e. The number of hydrogen-bond acceptors (Lipinski definition) is 5. The minimum absolute atomic E-state index is 0.0659. The van der Waals surface area contributed by atoms with E-state index in [1.807, 2.05) is 13.2 Å². The maximum absolute atomic E-state index is 5.49. The molecular weight excluding hydrogens is 266 g/mol. The molecule has 6 nitrogen and oxygen atoms in total. The van der Waals surface area contributed by atoms with Crippen molar-refractivity contribution in [3.8, 4) is 0 Å². The summed E-state index contributed by atoms with van der Waals surface area (Å²) in [5.41, 5.74) is 1.11. The van der Waals surface area contributed by atoms with E-state index in [0.29, 0.717) is 6.04 Å². The Hall–Kier alpha value is -0.980. The van der Waals surface area contributed by atoms with E-state index in [9.17, 15) is 0 Å². The van der Waals surface area contributed by atoms with Crippen LogP contribution in [0.5, 0.6) is 0 Å². The van der Waals surface area contributed by atoms with E-state index in [1.165, 1.54) is 0 Å². The van der Waals surface area contributed by atoms with E-state index < -0.39 is 0 Å². The monoisotopic (exact) mass is 295 g/mol. The molecule has 6 heteroatoms. The van der Waals surface area contributed by atoms with Gasteiger partial charge in [0.05, 0.1) is 18.9 Å². The van der Waals surface area contributed by atoms with E-state index in [4.69, 9.17) is 4.74 Å². The molecule has 2 heterocycles. The molecule has 0 aliphatic carbocycles. The molecule has 1 atom stereocenters.